The van der Waals surface area contributed by atoms with Crippen molar-refractivity contribution in [2.75, 3.05) is 25.0 Å². The average molecular weight is 322 g/mol. The Kier molecular flexibility index (Phi) is 4.54. The van der Waals surface area contributed by atoms with Crippen molar-refractivity contribution in [1.29, 1.82) is 0 Å². The molecule has 0 radical (unpaired) electrons. The lowest BCUT2D eigenvalue weighted by Gasteiger charge is -2.36. The van der Waals surface area contributed by atoms with Crippen molar-refractivity contribution < 1.29 is 0 Å². The number of nitrogens with zero attached hydrogens (tertiary/aromatic N) is 7. The monoisotopic (exact) mass is 321 g/mol. The highest BCUT2D eigenvalue weighted by molar-refractivity contribution is 6.30. The Hall–Kier alpha value is -1.73. The van der Waals surface area contributed by atoms with Crippen molar-refractivity contribution in [2.45, 2.75) is 25.4 Å². The first-order valence-electron chi connectivity index (χ1n) is 7.39. The normalized spacial score (nSPS) is 16.9. The van der Waals surface area contributed by atoms with Crippen molar-refractivity contribution in [1.82, 2.24) is 29.6 Å². The summed E-state index contributed by atoms with van der Waals surface area (Å²) >= 11 is 5.84. The Morgan fingerprint density at radius 3 is 2.55 bits per heavy atom. The van der Waals surface area contributed by atoms with Crippen molar-refractivity contribution >= 4 is 17.5 Å². The minimum Gasteiger partial charge on any atom is -0.341 e. The standard InChI is InChI=1S/C14H20ClN7/c1-20-10-18-19-13(20)9-22-5-3-12(4-6-22)21(2)14-16-7-11(15)8-17-14/h7-8,10,12H,3-6,9H2,1-2H3. The van der Waals surface area contributed by atoms with E-state index in [-0.39, 0.29) is 0 Å². The van der Waals surface area contributed by atoms with Crippen molar-refractivity contribution in [3.8, 4) is 0 Å². The van der Waals surface area contributed by atoms with Crippen LogP contribution in [0.5, 0.6) is 0 Å². The van der Waals surface area contributed by atoms with Crippen LogP contribution >= 0.6 is 11.6 Å². The number of halogens is 1. The van der Waals surface area contributed by atoms with E-state index in [0.717, 1.165) is 44.2 Å². The minimum atomic E-state index is 0.455. The summed E-state index contributed by atoms with van der Waals surface area (Å²) < 4.78 is 1.97. The quantitative estimate of drug-likeness (QED) is 0.847. The van der Waals surface area contributed by atoms with Crippen LogP contribution in [0.1, 0.15) is 18.7 Å². The summed E-state index contributed by atoms with van der Waals surface area (Å²) in [5.74, 6) is 1.74. The fourth-order valence-electron chi connectivity index (χ4n) is 2.77. The van der Waals surface area contributed by atoms with E-state index in [4.69, 9.17) is 11.6 Å². The number of aromatic nitrogens is 5. The number of hydrogen-bond acceptors (Lipinski definition) is 6. The molecular weight excluding hydrogens is 302 g/mol. The van der Waals surface area contributed by atoms with Gasteiger partial charge in [-0.05, 0) is 12.8 Å². The lowest BCUT2D eigenvalue weighted by molar-refractivity contribution is 0.197. The van der Waals surface area contributed by atoms with E-state index in [2.05, 4.69) is 30.0 Å². The first kappa shape index (κ1) is 15.2. The lowest BCUT2D eigenvalue weighted by atomic mass is 10.0. The fourth-order valence-corrected chi connectivity index (χ4v) is 2.86. The molecule has 1 aliphatic rings. The molecule has 0 aliphatic carbocycles. The Balaban J connectivity index is 1.55. The molecule has 2 aromatic heterocycles. The second-order valence-electron chi connectivity index (χ2n) is 5.68. The van der Waals surface area contributed by atoms with E-state index in [1.807, 2.05) is 18.7 Å². The largest absolute Gasteiger partial charge is 0.341 e. The molecule has 0 spiro atoms. The highest BCUT2D eigenvalue weighted by Gasteiger charge is 2.24. The number of aryl methyl sites for hydroxylation is 1. The van der Waals surface area contributed by atoms with Crippen LogP contribution in [0.15, 0.2) is 18.7 Å². The van der Waals surface area contributed by atoms with Gasteiger partial charge in [0.2, 0.25) is 5.95 Å². The van der Waals surface area contributed by atoms with Gasteiger partial charge in [0.1, 0.15) is 12.2 Å². The maximum atomic E-state index is 5.84. The van der Waals surface area contributed by atoms with Gasteiger partial charge in [-0.25, -0.2) is 9.97 Å². The van der Waals surface area contributed by atoms with Crippen LogP contribution in [0, 0.1) is 0 Å². The summed E-state index contributed by atoms with van der Waals surface area (Å²) in [6.07, 6.45) is 7.20. The Labute approximate surface area is 134 Å². The summed E-state index contributed by atoms with van der Waals surface area (Å²) in [5, 5.41) is 8.64. The second kappa shape index (κ2) is 6.58. The van der Waals surface area contributed by atoms with Gasteiger partial charge in [-0.15, -0.1) is 10.2 Å². The molecule has 3 rings (SSSR count). The van der Waals surface area contributed by atoms with Crippen LogP contribution in [0.25, 0.3) is 0 Å². The SMILES string of the molecule is CN(c1ncc(Cl)cn1)C1CCN(Cc2nncn2C)CC1. The predicted octanol–water partition coefficient (Wildman–Crippen LogP) is 1.36. The van der Waals surface area contributed by atoms with Crippen LogP contribution in [0.2, 0.25) is 5.02 Å². The topological polar surface area (TPSA) is 63.0 Å². The van der Waals surface area contributed by atoms with Crippen LogP contribution in [0.4, 0.5) is 5.95 Å². The number of piperidine rings is 1. The number of hydrogen-bond donors (Lipinski definition) is 0. The summed E-state index contributed by atoms with van der Waals surface area (Å²) in [5.41, 5.74) is 0. The van der Waals surface area contributed by atoms with E-state index in [1.165, 1.54) is 0 Å². The van der Waals surface area contributed by atoms with Crippen LogP contribution in [0.3, 0.4) is 0 Å². The molecule has 2 aromatic rings. The summed E-state index contributed by atoms with van der Waals surface area (Å²) in [6, 6.07) is 0.455. The molecule has 0 N–H and O–H groups in total. The van der Waals surface area contributed by atoms with Gasteiger partial charge < -0.3 is 9.47 Å². The van der Waals surface area contributed by atoms with E-state index in [9.17, 15) is 0 Å². The summed E-state index contributed by atoms with van der Waals surface area (Å²) in [4.78, 5) is 13.1. The molecule has 0 amide bonds. The first-order chi connectivity index (χ1) is 10.6. The van der Waals surface area contributed by atoms with E-state index < -0.39 is 0 Å². The Morgan fingerprint density at radius 1 is 1.27 bits per heavy atom. The highest BCUT2D eigenvalue weighted by Crippen LogP contribution is 2.20. The van der Waals surface area contributed by atoms with Gasteiger partial charge in [0, 0.05) is 33.2 Å². The molecule has 22 heavy (non-hydrogen) atoms. The Bertz CT molecular complexity index is 604. The van der Waals surface area contributed by atoms with E-state index >= 15 is 0 Å². The molecule has 3 heterocycles. The first-order valence-corrected chi connectivity index (χ1v) is 7.77. The number of anilines is 1. The third-order valence-corrected chi connectivity index (χ3v) is 4.39. The molecule has 0 aromatic carbocycles. The lowest BCUT2D eigenvalue weighted by Crippen LogP contribution is -2.43. The van der Waals surface area contributed by atoms with Gasteiger partial charge in [-0.2, -0.15) is 0 Å². The molecule has 0 atom stereocenters. The van der Waals surface area contributed by atoms with E-state index in [0.29, 0.717) is 11.1 Å². The minimum absolute atomic E-state index is 0.455. The van der Waals surface area contributed by atoms with Gasteiger partial charge in [0.05, 0.1) is 24.0 Å². The molecular formula is C14H20ClN7. The molecule has 0 saturated carbocycles. The van der Waals surface area contributed by atoms with Crippen LogP contribution < -0.4 is 4.90 Å². The molecule has 118 valence electrons. The zero-order valence-electron chi connectivity index (χ0n) is 12.9. The van der Waals surface area contributed by atoms with Gasteiger partial charge in [0.25, 0.3) is 0 Å². The summed E-state index contributed by atoms with van der Waals surface area (Å²) in [7, 11) is 4.03. The molecule has 8 heteroatoms. The van der Waals surface area contributed by atoms with Gasteiger partial charge in [0.15, 0.2) is 0 Å². The average Bonchev–Trinajstić information content (AvgIpc) is 2.93. The zero-order valence-corrected chi connectivity index (χ0v) is 13.6. The van der Waals surface area contributed by atoms with Crippen LogP contribution in [-0.2, 0) is 13.6 Å². The smallest absolute Gasteiger partial charge is 0.225 e. The number of rotatable bonds is 4. The highest BCUT2D eigenvalue weighted by atomic mass is 35.5. The predicted molar refractivity (Wildman–Crippen MR) is 84.7 cm³/mol. The molecule has 0 unspecified atom stereocenters. The number of likely N-dealkylation sites (tertiary alicyclic amines) is 1. The molecule has 1 saturated heterocycles. The Morgan fingerprint density at radius 2 is 1.95 bits per heavy atom. The fraction of sp³-hybridized carbons (Fsp3) is 0.571. The molecule has 1 fully saturated rings. The van der Waals surface area contributed by atoms with Crippen molar-refractivity contribution in [3.05, 3.63) is 29.6 Å². The van der Waals surface area contributed by atoms with Crippen molar-refractivity contribution in [3.63, 3.8) is 0 Å². The third kappa shape index (κ3) is 3.36. The molecule has 1 aliphatic heterocycles. The van der Waals surface area contributed by atoms with Gasteiger partial charge in [-0.3, -0.25) is 4.90 Å². The van der Waals surface area contributed by atoms with Gasteiger partial charge in [-0.1, -0.05) is 11.6 Å². The van der Waals surface area contributed by atoms with E-state index in [1.54, 1.807) is 18.7 Å². The second-order valence-corrected chi connectivity index (χ2v) is 6.11. The van der Waals surface area contributed by atoms with Gasteiger partial charge >= 0.3 is 0 Å². The van der Waals surface area contributed by atoms with Crippen LogP contribution in [-0.4, -0.2) is 55.8 Å². The zero-order chi connectivity index (χ0) is 15.5. The maximum absolute atomic E-state index is 5.84. The molecule has 7 nitrogen and oxygen atoms in total. The van der Waals surface area contributed by atoms with Crippen molar-refractivity contribution in [2.24, 2.45) is 7.05 Å². The third-order valence-electron chi connectivity index (χ3n) is 4.20. The molecule has 0 bridgehead atoms. The maximum Gasteiger partial charge on any atom is 0.225 e. The summed E-state index contributed by atoms with van der Waals surface area (Å²) in [6.45, 7) is 2.93.